The van der Waals surface area contributed by atoms with Crippen LogP contribution in [0.3, 0.4) is 0 Å². The van der Waals surface area contributed by atoms with Gasteiger partial charge in [-0.05, 0) is 41.6 Å². The summed E-state index contributed by atoms with van der Waals surface area (Å²) in [5.74, 6) is 1.69. The molecule has 0 saturated carbocycles. The largest absolute Gasteiger partial charge is 0.493 e. The van der Waals surface area contributed by atoms with Gasteiger partial charge < -0.3 is 19.3 Å². The lowest BCUT2D eigenvalue weighted by molar-refractivity contribution is -0.908. The average Bonchev–Trinajstić information content (AvgIpc) is 2.73. The van der Waals surface area contributed by atoms with Crippen LogP contribution < -0.4 is 14.4 Å². The van der Waals surface area contributed by atoms with Gasteiger partial charge in [0, 0.05) is 30.5 Å². The van der Waals surface area contributed by atoms with Gasteiger partial charge >= 0.3 is 0 Å². The van der Waals surface area contributed by atoms with Crippen molar-refractivity contribution in [2.24, 2.45) is 0 Å². The fraction of sp³-hybridized carbons (Fsp3) is 0.409. The minimum Gasteiger partial charge on any atom is -0.493 e. The Labute approximate surface area is 171 Å². The van der Waals surface area contributed by atoms with Crippen LogP contribution in [0.4, 0.5) is 0 Å². The van der Waals surface area contributed by atoms with Gasteiger partial charge in [-0.1, -0.05) is 12.1 Å². The number of rotatable bonds is 7. The Morgan fingerprint density at radius 1 is 1.11 bits per heavy atom. The second kappa shape index (κ2) is 9.34. The van der Waals surface area contributed by atoms with Crippen LogP contribution in [0.25, 0.3) is 0 Å². The van der Waals surface area contributed by atoms with Crippen molar-refractivity contribution in [3.05, 3.63) is 53.1 Å². The van der Waals surface area contributed by atoms with Crippen LogP contribution in [-0.2, 0) is 24.3 Å². The summed E-state index contributed by atoms with van der Waals surface area (Å²) in [4.78, 5) is 17.1. The second-order valence-corrected chi connectivity index (χ2v) is 8.06. The molecule has 6 heteroatoms. The maximum Gasteiger partial charge on any atom is 0.277 e. The number of hydrogen-bond acceptors (Lipinski definition) is 4. The van der Waals surface area contributed by atoms with Gasteiger partial charge in [-0.25, -0.2) is 0 Å². The Morgan fingerprint density at radius 3 is 2.36 bits per heavy atom. The monoisotopic (exact) mass is 401 g/mol. The van der Waals surface area contributed by atoms with Crippen molar-refractivity contribution in [1.82, 2.24) is 4.90 Å². The van der Waals surface area contributed by atoms with Crippen LogP contribution in [-0.4, -0.2) is 51.4 Å². The number of ether oxygens (including phenoxy) is 2. The summed E-state index contributed by atoms with van der Waals surface area (Å²) in [7, 11) is 5.20. The highest BCUT2D eigenvalue weighted by Crippen LogP contribution is 2.31. The molecular weight excluding hydrogens is 372 g/mol. The van der Waals surface area contributed by atoms with E-state index in [9.17, 15) is 4.79 Å². The third-order valence-corrected chi connectivity index (χ3v) is 6.04. The molecule has 3 rings (SSSR count). The molecule has 150 valence electrons. The summed E-state index contributed by atoms with van der Waals surface area (Å²) in [6.45, 7) is 2.93. The summed E-state index contributed by atoms with van der Waals surface area (Å²) >= 11 is 1.72. The van der Waals surface area contributed by atoms with Gasteiger partial charge in [-0.3, -0.25) is 4.79 Å². The van der Waals surface area contributed by atoms with Crippen molar-refractivity contribution >= 4 is 17.7 Å². The molecule has 1 aliphatic rings. The van der Waals surface area contributed by atoms with Crippen molar-refractivity contribution in [1.29, 1.82) is 0 Å². The molecule has 1 atom stereocenters. The van der Waals surface area contributed by atoms with Gasteiger partial charge in [0.15, 0.2) is 18.0 Å². The average molecular weight is 402 g/mol. The molecule has 28 heavy (non-hydrogen) atoms. The third-order valence-electron chi connectivity index (χ3n) is 5.30. The number of methoxy groups -OCH3 is 2. The van der Waals surface area contributed by atoms with Crippen LogP contribution in [0.15, 0.2) is 41.3 Å². The van der Waals surface area contributed by atoms with Gasteiger partial charge in [-0.15, -0.1) is 11.8 Å². The number of hydrogen-bond donors (Lipinski definition) is 1. The smallest absolute Gasteiger partial charge is 0.277 e. The fourth-order valence-corrected chi connectivity index (χ4v) is 4.03. The number of benzene rings is 2. The first-order valence-corrected chi connectivity index (χ1v) is 10.7. The Morgan fingerprint density at radius 2 is 1.75 bits per heavy atom. The predicted molar refractivity (Wildman–Crippen MR) is 112 cm³/mol. The zero-order valence-electron chi connectivity index (χ0n) is 17.1. The SMILES string of the molecule is COc1cc2c(cc1OC)C[NH+](CC(=O)N(C)Cc1ccc(SC)cc1)CC2. The van der Waals surface area contributed by atoms with Gasteiger partial charge in [0.25, 0.3) is 5.91 Å². The highest BCUT2D eigenvalue weighted by atomic mass is 32.2. The summed E-state index contributed by atoms with van der Waals surface area (Å²) in [6, 6.07) is 12.5. The van der Waals surface area contributed by atoms with E-state index >= 15 is 0 Å². The van der Waals surface area contributed by atoms with Crippen LogP contribution in [0, 0.1) is 0 Å². The molecule has 1 heterocycles. The number of amides is 1. The Bertz CT molecular complexity index is 823. The summed E-state index contributed by atoms with van der Waals surface area (Å²) in [6.07, 6.45) is 3.01. The molecule has 0 aromatic heterocycles. The number of likely N-dealkylation sites (N-methyl/N-ethyl adjacent to an activating group) is 1. The number of thioether (sulfide) groups is 1. The molecule has 0 bridgehead atoms. The van der Waals surface area contributed by atoms with Crippen LogP contribution >= 0.6 is 11.8 Å². The predicted octanol–water partition coefficient (Wildman–Crippen LogP) is 2.03. The first-order chi connectivity index (χ1) is 13.5. The first-order valence-electron chi connectivity index (χ1n) is 9.48. The summed E-state index contributed by atoms with van der Waals surface area (Å²) < 4.78 is 10.8. The molecule has 0 spiro atoms. The molecule has 1 unspecified atom stereocenters. The van der Waals surface area contributed by atoms with Crippen molar-refractivity contribution in [2.75, 3.05) is 40.6 Å². The fourth-order valence-electron chi connectivity index (χ4n) is 3.62. The molecule has 0 saturated heterocycles. The first kappa shape index (κ1) is 20.6. The van der Waals surface area contributed by atoms with E-state index in [0.29, 0.717) is 13.1 Å². The molecule has 1 N–H and O–H groups in total. The molecule has 2 aromatic carbocycles. The lowest BCUT2D eigenvalue weighted by Gasteiger charge is -2.28. The lowest BCUT2D eigenvalue weighted by Crippen LogP contribution is -3.12. The second-order valence-electron chi connectivity index (χ2n) is 7.18. The molecule has 1 amide bonds. The van der Waals surface area contributed by atoms with Crippen molar-refractivity contribution in [3.63, 3.8) is 0 Å². The molecule has 1 aliphatic heterocycles. The van der Waals surface area contributed by atoms with E-state index in [2.05, 4.69) is 42.7 Å². The van der Waals surface area contributed by atoms with E-state index in [4.69, 9.17) is 9.47 Å². The minimum absolute atomic E-state index is 0.174. The van der Waals surface area contributed by atoms with Crippen LogP contribution in [0.1, 0.15) is 16.7 Å². The number of carbonyl (C=O) groups excluding carboxylic acids is 1. The number of nitrogens with zero attached hydrogens (tertiary/aromatic N) is 1. The molecule has 2 aromatic rings. The highest BCUT2D eigenvalue weighted by molar-refractivity contribution is 7.98. The van der Waals surface area contributed by atoms with Crippen molar-refractivity contribution in [2.45, 2.75) is 24.4 Å². The minimum atomic E-state index is 0.174. The third kappa shape index (κ3) is 4.80. The van der Waals surface area contributed by atoms with Gasteiger partial charge in [-0.2, -0.15) is 0 Å². The number of carbonyl (C=O) groups is 1. The van der Waals surface area contributed by atoms with Gasteiger partial charge in [0.2, 0.25) is 0 Å². The van der Waals surface area contributed by atoms with E-state index in [0.717, 1.165) is 36.6 Å². The standard InChI is InChI=1S/C22H28N2O3S/c1-23(13-16-5-7-19(28-4)8-6-16)22(25)15-24-10-9-17-11-20(26-2)21(27-3)12-18(17)14-24/h5-8,11-12H,9-10,13-15H2,1-4H3/p+1. The van der Waals surface area contributed by atoms with Crippen LogP contribution in [0.2, 0.25) is 0 Å². The number of quaternary nitrogens is 1. The van der Waals surface area contributed by atoms with Crippen molar-refractivity contribution < 1.29 is 19.2 Å². The number of nitrogens with one attached hydrogen (secondary N) is 1. The van der Waals surface area contributed by atoms with Crippen molar-refractivity contribution in [3.8, 4) is 11.5 Å². The Balaban J connectivity index is 1.60. The summed E-state index contributed by atoms with van der Waals surface area (Å²) in [5.41, 5.74) is 3.68. The zero-order valence-corrected chi connectivity index (χ0v) is 17.9. The Hall–Kier alpha value is -2.18. The zero-order chi connectivity index (χ0) is 20.1. The van der Waals surface area contributed by atoms with E-state index in [-0.39, 0.29) is 5.91 Å². The highest BCUT2D eigenvalue weighted by Gasteiger charge is 2.25. The van der Waals surface area contributed by atoms with E-state index in [1.54, 1.807) is 26.0 Å². The summed E-state index contributed by atoms with van der Waals surface area (Å²) in [5, 5.41) is 0. The maximum atomic E-state index is 12.7. The van der Waals surface area contributed by atoms with E-state index in [1.807, 2.05) is 11.9 Å². The topological polar surface area (TPSA) is 43.2 Å². The molecule has 5 nitrogen and oxygen atoms in total. The molecule has 0 radical (unpaired) electrons. The number of fused-ring (bicyclic) bond motifs is 1. The van der Waals surface area contributed by atoms with E-state index < -0.39 is 0 Å². The Kier molecular flexibility index (Phi) is 6.86. The van der Waals surface area contributed by atoms with Gasteiger partial charge in [0.1, 0.15) is 6.54 Å². The molecule has 0 fully saturated rings. The van der Waals surface area contributed by atoms with E-state index in [1.165, 1.54) is 20.9 Å². The quantitative estimate of drug-likeness (QED) is 0.721. The molecule has 0 aliphatic carbocycles. The van der Waals surface area contributed by atoms with Crippen LogP contribution in [0.5, 0.6) is 11.5 Å². The normalized spacial score (nSPS) is 15.6. The van der Waals surface area contributed by atoms with Gasteiger partial charge in [0.05, 0.1) is 20.8 Å². The maximum absolute atomic E-state index is 12.7. The molecular formula is C22H29N2O3S+. The lowest BCUT2D eigenvalue weighted by atomic mass is 9.99.